The van der Waals surface area contributed by atoms with Crippen LogP contribution in [0.25, 0.3) is 33.4 Å². The third kappa shape index (κ3) is 3.98. The summed E-state index contributed by atoms with van der Waals surface area (Å²) in [4.78, 5) is 15.7. The molecule has 1 atom stereocenters. The molecule has 8 heteroatoms. The van der Waals surface area contributed by atoms with E-state index in [2.05, 4.69) is 50.4 Å². The first-order valence-corrected chi connectivity index (χ1v) is 11.8. The van der Waals surface area contributed by atoms with Crippen LogP contribution in [0.15, 0.2) is 91.6 Å². The van der Waals surface area contributed by atoms with Gasteiger partial charge in [-0.15, -0.1) is 0 Å². The molecule has 0 amide bonds. The molecule has 4 aromatic heterocycles. The molecule has 0 aliphatic rings. The summed E-state index contributed by atoms with van der Waals surface area (Å²) in [5.41, 5.74) is 6.64. The van der Waals surface area contributed by atoms with E-state index in [-0.39, 0.29) is 11.8 Å². The third-order valence-electron chi connectivity index (χ3n) is 6.36. The summed E-state index contributed by atoms with van der Waals surface area (Å²) >= 11 is 0. The number of phenolic OH excluding ortho intramolecular Hbond substituents is 1. The van der Waals surface area contributed by atoms with E-state index < -0.39 is 0 Å². The predicted molar refractivity (Wildman–Crippen MR) is 141 cm³/mol. The average molecular weight is 476 g/mol. The van der Waals surface area contributed by atoms with Crippen molar-refractivity contribution in [1.29, 1.82) is 0 Å². The third-order valence-corrected chi connectivity index (χ3v) is 6.36. The summed E-state index contributed by atoms with van der Waals surface area (Å²) in [5, 5.41) is 19.3. The van der Waals surface area contributed by atoms with Crippen LogP contribution in [-0.2, 0) is 6.54 Å². The van der Waals surface area contributed by atoms with Crippen LogP contribution in [-0.4, -0.2) is 34.8 Å². The summed E-state index contributed by atoms with van der Waals surface area (Å²) in [6.45, 7) is 2.59. The molecule has 2 aromatic carbocycles. The molecule has 0 saturated carbocycles. The van der Waals surface area contributed by atoms with Crippen molar-refractivity contribution in [2.24, 2.45) is 0 Å². The molecule has 0 fully saturated rings. The Morgan fingerprint density at radius 2 is 1.78 bits per heavy atom. The van der Waals surface area contributed by atoms with Gasteiger partial charge in [-0.25, -0.2) is 9.97 Å². The smallest absolute Gasteiger partial charge is 0.143 e. The van der Waals surface area contributed by atoms with Crippen molar-refractivity contribution in [3.63, 3.8) is 0 Å². The molecule has 178 valence electrons. The largest absolute Gasteiger partial charge is 0.508 e. The van der Waals surface area contributed by atoms with Gasteiger partial charge in [0.2, 0.25) is 0 Å². The zero-order valence-corrected chi connectivity index (χ0v) is 19.7. The first kappa shape index (κ1) is 21.7. The number of aromatic hydroxyl groups is 1. The minimum Gasteiger partial charge on any atom is -0.508 e. The standard InChI is InChI=1S/C28H25N7O/c1-18(26-21(11-13-29-26)19-7-3-2-4-8-19)33-28-25-22(15-30-27(25)31-17-32-28)23-12-14-35(34-23)16-20-9-5-6-10-24(20)36/h2-15,17-18,29,36H,16H2,1H3,(H2,30,31,32,33). The Bertz CT molecular complexity index is 1630. The molecule has 6 rings (SSSR count). The van der Waals surface area contributed by atoms with Gasteiger partial charge in [-0.2, -0.15) is 5.10 Å². The molecule has 0 spiro atoms. The van der Waals surface area contributed by atoms with E-state index in [0.717, 1.165) is 50.5 Å². The van der Waals surface area contributed by atoms with Gasteiger partial charge in [-0.05, 0) is 30.7 Å². The van der Waals surface area contributed by atoms with Crippen LogP contribution in [0.4, 0.5) is 5.82 Å². The number of H-pyrrole nitrogens is 2. The Morgan fingerprint density at radius 3 is 2.64 bits per heavy atom. The molecule has 0 aliphatic heterocycles. The Hall–Kier alpha value is -4.85. The van der Waals surface area contributed by atoms with E-state index in [9.17, 15) is 5.11 Å². The quantitative estimate of drug-likeness (QED) is 0.235. The minimum absolute atomic E-state index is 0.0327. The number of nitrogens with one attached hydrogen (secondary N) is 3. The molecule has 4 N–H and O–H groups in total. The van der Waals surface area contributed by atoms with Crippen molar-refractivity contribution in [1.82, 2.24) is 29.7 Å². The van der Waals surface area contributed by atoms with Crippen molar-refractivity contribution in [2.45, 2.75) is 19.5 Å². The van der Waals surface area contributed by atoms with Gasteiger partial charge in [0, 0.05) is 41.0 Å². The van der Waals surface area contributed by atoms with Crippen LogP contribution in [0.1, 0.15) is 24.2 Å². The van der Waals surface area contributed by atoms with Crippen molar-refractivity contribution >= 4 is 16.9 Å². The van der Waals surface area contributed by atoms with Crippen LogP contribution in [0.3, 0.4) is 0 Å². The number of para-hydroxylation sites is 1. The van der Waals surface area contributed by atoms with E-state index in [1.54, 1.807) is 12.4 Å². The van der Waals surface area contributed by atoms with Gasteiger partial charge in [0.25, 0.3) is 0 Å². The van der Waals surface area contributed by atoms with Gasteiger partial charge in [0.05, 0.1) is 23.7 Å². The van der Waals surface area contributed by atoms with E-state index >= 15 is 0 Å². The number of hydrogen-bond donors (Lipinski definition) is 4. The first-order valence-electron chi connectivity index (χ1n) is 11.8. The summed E-state index contributed by atoms with van der Waals surface area (Å²) in [6, 6.07) is 21.6. The van der Waals surface area contributed by atoms with Gasteiger partial charge in [-0.3, -0.25) is 4.68 Å². The Labute approximate surface area is 207 Å². The number of anilines is 1. The maximum absolute atomic E-state index is 10.1. The van der Waals surface area contributed by atoms with Gasteiger partial charge < -0.3 is 20.4 Å². The minimum atomic E-state index is -0.0327. The second kappa shape index (κ2) is 9.07. The molecule has 0 bridgehead atoms. The highest BCUT2D eigenvalue weighted by Gasteiger charge is 2.19. The van der Waals surface area contributed by atoms with Crippen LogP contribution >= 0.6 is 0 Å². The van der Waals surface area contributed by atoms with Crippen molar-refractivity contribution < 1.29 is 5.11 Å². The number of aromatic amines is 2. The highest BCUT2D eigenvalue weighted by Crippen LogP contribution is 2.34. The number of benzene rings is 2. The lowest BCUT2D eigenvalue weighted by Crippen LogP contribution is -2.10. The fraction of sp³-hybridized carbons (Fsp3) is 0.107. The summed E-state index contributed by atoms with van der Waals surface area (Å²) < 4.78 is 1.81. The van der Waals surface area contributed by atoms with Crippen LogP contribution in [0.2, 0.25) is 0 Å². The second-order valence-corrected chi connectivity index (χ2v) is 8.71. The SMILES string of the molecule is CC(Nc1ncnc2[nH]cc(-c3ccn(Cc4ccccc4O)n3)c12)c1[nH]ccc1-c1ccccc1. The van der Waals surface area contributed by atoms with Crippen molar-refractivity contribution in [2.75, 3.05) is 5.32 Å². The molecule has 36 heavy (non-hydrogen) atoms. The Balaban J connectivity index is 1.32. The monoisotopic (exact) mass is 475 g/mol. The molecule has 1 unspecified atom stereocenters. The fourth-order valence-electron chi connectivity index (χ4n) is 4.57. The second-order valence-electron chi connectivity index (χ2n) is 8.71. The number of phenols is 1. The molecular weight excluding hydrogens is 450 g/mol. The number of fused-ring (bicyclic) bond motifs is 1. The zero-order chi connectivity index (χ0) is 24.5. The average Bonchev–Trinajstić information content (AvgIpc) is 3.66. The molecule has 8 nitrogen and oxygen atoms in total. The Morgan fingerprint density at radius 1 is 0.944 bits per heavy atom. The number of aromatic nitrogens is 6. The van der Waals surface area contributed by atoms with Crippen LogP contribution < -0.4 is 5.32 Å². The number of rotatable bonds is 7. The first-order chi connectivity index (χ1) is 17.7. The van der Waals surface area contributed by atoms with E-state index in [4.69, 9.17) is 5.10 Å². The summed E-state index contributed by atoms with van der Waals surface area (Å²) in [7, 11) is 0. The summed E-state index contributed by atoms with van der Waals surface area (Å²) in [6.07, 6.45) is 7.34. The zero-order valence-electron chi connectivity index (χ0n) is 19.7. The number of hydrogen-bond acceptors (Lipinski definition) is 5. The Kier molecular flexibility index (Phi) is 5.46. The lowest BCUT2D eigenvalue weighted by Gasteiger charge is -2.16. The molecule has 4 heterocycles. The lowest BCUT2D eigenvalue weighted by molar-refractivity contribution is 0.464. The molecule has 6 aromatic rings. The van der Waals surface area contributed by atoms with Gasteiger partial charge in [-0.1, -0.05) is 48.5 Å². The predicted octanol–water partition coefficient (Wildman–Crippen LogP) is 5.74. The summed E-state index contributed by atoms with van der Waals surface area (Å²) in [5.74, 6) is 0.988. The van der Waals surface area contributed by atoms with E-state index in [1.165, 1.54) is 0 Å². The maximum atomic E-state index is 10.1. The maximum Gasteiger partial charge on any atom is 0.143 e. The molecular formula is C28H25N7O. The van der Waals surface area contributed by atoms with Gasteiger partial charge in [0.1, 0.15) is 23.5 Å². The highest BCUT2D eigenvalue weighted by molar-refractivity contribution is 6.00. The van der Waals surface area contributed by atoms with E-state index in [1.807, 2.05) is 65.7 Å². The van der Waals surface area contributed by atoms with Crippen molar-refractivity contribution in [3.05, 3.63) is 103 Å². The van der Waals surface area contributed by atoms with Crippen LogP contribution in [0, 0.1) is 0 Å². The number of nitrogens with zero attached hydrogens (tertiary/aromatic N) is 4. The van der Waals surface area contributed by atoms with Gasteiger partial charge in [0.15, 0.2) is 0 Å². The van der Waals surface area contributed by atoms with Crippen LogP contribution in [0.5, 0.6) is 5.75 Å². The van der Waals surface area contributed by atoms with E-state index in [0.29, 0.717) is 6.54 Å². The molecule has 0 aliphatic carbocycles. The normalized spacial score (nSPS) is 12.1. The molecule has 0 saturated heterocycles. The highest BCUT2D eigenvalue weighted by atomic mass is 16.3. The molecule has 0 radical (unpaired) electrons. The fourth-order valence-corrected chi connectivity index (χ4v) is 4.57. The topological polar surface area (TPSA) is 107 Å². The van der Waals surface area contributed by atoms with Gasteiger partial charge >= 0.3 is 0 Å². The lowest BCUT2D eigenvalue weighted by atomic mass is 10.0. The van der Waals surface area contributed by atoms with Crippen molar-refractivity contribution in [3.8, 4) is 28.1 Å².